The summed E-state index contributed by atoms with van der Waals surface area (Å²) in [5, 5.41) is 17.9. The number of urea groups is 1. The van der Waals surface area contributed by atoms with Gasteiger partial charge in [0, 0.05) is 11.7 Å². The highest BCUT2D eigenvalue weighted by atomic mass is 16.5. The van der Waals surface area contributed by atoms with Crippen LogP contribution < -0.4 is 25.4 Å². The number of aromatic carboxylic acids is 1. The Hall–Kier alpha value is -5.31. The lowest BCUT2D eigenvalue weighted by Gasteiger charge is -2.29. The van der Waals surface area contributed by atoms with Gasteiger partial charge in [0.2, 0.25) is 5.91 Å². The number of benzene rings is 4. The molecule has 4 aromatic carbocycles. The molecular formula is C35H35N3O6. The second kappa shape index (κ2) is 14.2. The minimum atomic E-state index is -1.10. The van der Waals surface area contributed by atoms with Crippen LogP contribution in [0.15, 0.2) is 97.1 Å². The van der Waals surface area contributed by atoms with Gasteiger partial charge in [0.1, 0.15) is 17.2 Å². The molecule has 9 heteroatoms. The van der Waals surface area contributed by atoms with E-state index in [9.17, 15) is 19.5 Å². The van der Waals surface area contributed by atoms with Crippen molar-refractivity contribution >= 4 is 29.3 Å². The molecule has 0 heterocycles. The lowest BCUT2D eigenvalue weighted by Crippen LogP contribution is -2.41. The fourth-order valence-electron chi connectivity index (χ4n) is 5.15. The lowest BCUT2D eigenvalue weighted by molar-refractivity contribution is -0.115. The maximum Gasteiger partial charge on any atom is 0.337 e. The largest absolute Gasteiger partial charge is 0.490 e. The molecule has 1 aliphatic carbocycles. The Kier molecular flexibility index (Phi) is 9.76. The van der Waals surface area contributed by atoms with Crippen molar-refractivity contribution in [3.8, 4) is 17.2 Å². The molecule has 9 nitrogen and oxygen atoms in total. The molecule has 0 saturated heterocycles. The first-order valence-corrected chi connectivity index (χ1v) is 14.6. The highest BCUT2D eigenvalue weighted by molar-refractivity contribution is 6.01. The fraction of sp³-hybridized carbons (Fsp3) is 0.229. The van der Waals surface area contributed by atoms with Gasteiger partial charge in [-0.2, -0.15) is 0 Å². The summed E-state index contributed by atoms with van der Waals surface area (Å²) in [7, 11) is 0. The Balaban J connectivity index is 1.04. The van der Waals surface area contributed by atoms with E-state index < -0.39 is 5.97 Å². The van der Waals surface area contributed by atoms with E-state index in [1.54, 1.807) is 42.5 Å². The second-order valence-electron chi connectivity index (χ2n) is 10.9. The molecule has 0 bridgehead atoms. The Morgan fingerprint density at radius 1 is 0.773 bits per heavy atom. The summed E-state index contributed by atoms with van der Waals surface area (Å²) >= 11 is 0. The van der Waals surface area contributed by atoms with Gasteiger partial charge in [-0.25, -0.2) is 9.59 Å². The zero-order valence-corrected chi connectivity index (χ0v) is 24.4. The van der Waals surface area contributed by atoms with Crippen molar-refractivity contribution < 1.29 is 29.0 Å². The number of carboxylic acids is 1. The van der Waals surface area contributed by atoms with Crippen LogP contribution in [0.1, 0.15) is 47.2 Å². The number of carbonyl (C=O) groups is 3. The van der Waals surface area contributed by atoms with Crippen LogP contribution in [0, 0.1) is 6.92 Å². The number of para-hydroxylation sites is 1. The molecule has 3 amide bonds. The first kappa shape index (κ1) is 30.2. The van der Waals surface area contributed by atoms with Crippen molar-refractivity contribution in [1.29, 1.82) is 0 Å². The zero-order valence-electron chi connectivity index (χ0n) is 24.4. The number of hydrogen-bond acceptors (Lipinski definition) is 5. The molecule has 0 aromatic heterocycles. The normalized spacial score (nSPS) is 15.9. The van der Waals surface area contributed by atoms with Crippen molar-refractivity contribution in [3.63, 3.8) is 0 Å². The maximum atomic E-state index is 12.5. The van der Waals surface area contributed by atoms with E-state index in [0.29, 0.717) is 11.5 Å². The van der Waals surface area contributed by atoms with Gasteiger partial charge in [0.05, 0.1) is 23.8 Å². The molecule has 4 aromatic rings. The number of carbonyl (C=O) groups excluding carboxylic acids is 2. The molecule has 0 spiro atoms. The topological polar surface area (TPSA) is 126 Å². The SMILES string of the molecule is Cc1cccc(NC(=O)NC2CCC(Oc3ccc(Oc4ccc(CC(=O)Nc5ccccc5C(=O)O)cc4)cc3)CC2)c1. The van der Waals surface area contributed by atoms with Crippen LogP contribution >= 0.6 is 0 Å². The minimum absolute atomic E-state index is 0.0429. The first-order chi connectivity index (χ1) is 21.3. The highest BCUT2D eigenvalue weighted by Crippen LogP contribution is 2.28. The van der Waals surface area contributed by atoms with Crippen LogP contribution in [0.5, 0.6) is 17.2 Å². The monoisotopic (exact) mass is 593 g/mol. The summed E-state index contributed by atoms with van der Waals surface area (Å²) < 4.78 is 12.1. The Morgan fingerprint density at radius 2 is 1.43 bits per heavy atom. The molecule has 5 rings (SSSR count). The van der Waals surface area contributed by atoms with Crippen LogP contribution in [0.25, 0.3) is 0 Å². The number of rotatable bonds is 10. The van der Waals surface area contributed by atoms with Crippen molar-refractivity contribution in [3.05, 3.63) is 114 Å². The number of aryl methyl sites for hydroxylation is 1. The van der Waals surface area contributed by atoms with Crippen LogP contribution in [0.3, 0.4) is 0 Å². The summed E-state index contributed by atoms with van der Waals surface area (Å²) in [6.45, 7) is 1.99. The third kappa shape index (κ3) is 8.61. The zero-order chi connectivity index (χ0) is 30.9. The number of carboxylic acid groups (broad SMARTS) is 1. The van der Waals surface area contributed by atoms with Crippen molar-refractivity contribution in [1.82, 2.24) is 5.32 Å². The number of hydrogen-bond donors (Lipinski definition) is 4. The summed E-state index contributed by atoms with van der Waals surface area (Å²) in [6, 6.07) is 28.6. The van der Waals surface area contributed by atoms with Gasteiger partial charge in [-0.3, -0.25) is 4.79 Å². The standard InChI is InChI=1S/C35H35N3O6/c1-23-5-4-6-26(21-23)37-35(42)36-25-11-15-28(16-12-25)44-30-19-17-29(18-20-30)43-27-13-9-24(10-14-27)22-33(39)38-32-8-3-2-7-31(32)34(40)41/h2-10,13-14,17-21,25,28H,11-12,15-16,22H2,1H3,(H,38,39)(H,40,41)(H2,36,37,42). The molecule has 0 atom stereocenters. The van der Waals surface area contributed by atoms with Crippen LogP contribution in [-0.4, -0.2) is 35.2 Å². The average molecular weight is 594 g/mol. The average Bonchev–Trinajstić information content (AvgIpc) is 3.00. The molecule has 4 N–H and O–H groups in total. The van der Waals surface area contributed by atoms with Crippen LogP contribution in [0.4, 0.5) is 16.2 Å². The third-order valence-corrected chi connectivity index (χ3v) is 7.37. The van der Waals surface area contributed by atoms with Gasteiger partial charge in [-0.1, -0.05) is 36.4 Å². The van der Waals surface area contributed by atoms with E-state index in [1.165, 1.54) is 6.07 Å². The number of nitrogens with one attached hydrogen (secondary N) is 3. The van der Waals surface area contributed by atoms with Crippen molar-refractivity contribution in [2.75, 3.05) is 10.6 Å². The predicted octanol–water partition coefficient (Wildman–Crippen LogP) is 7.18. The quantitative estimate of drug-likeness (QED) is 0.154. The molecule has 0 radical (unpaired) electrons. The molecule has 44 heavy (non-hydrogen) atoms. The smallest absolute Gasteiger partial charge is 0.337 e. The van der Waals surface area contributed by atoms with E-state index in [-0.39, 0.29) is 41.8 Å². The molecule has 1 aliphatic rings. The van der Waals surface area contributed by atoms with E-state index in [2.05, 4.69) is 16.0 Å². The number of ether oxygens (including phenoxy) is 2. The van der Waals surface area contributed by atoms with Crippen molar-refractivity contribution in [2.45, 2.75) is 51.2 Å². The lowest BCUT2D eigenvalue weighted by atomic mass is 9.93. The van der Waals surface area contributed by atoms with Gasteiger partial charge in [-0.05, 0) is 104 Å². The van der Waals surface area contributed by atoms with Crippen LogP contribution in [0.2, 0.25) is 0 Å². The van der Waals surface area contributed by atoms with E-state index in [1.807, 2.05) is 55.5 Å². The fourth-order valence-corrected chi connectivity index (χ4v) is 5.15. The first-order valence-electron chi connectivity index (χ1n) is 14.6. The third-order valence-electron chi connectivity index (χ3n) is 7.37. The van der Waals surface area contributed by atoms with Gasteiger partial charge < -0.3 is 30.5 Å². The maximum absolute atomic E-state index is 12.5. The molecule has 0 aliphatic heterocycles. The highest BCUT2D eigenvalue weighted by Gasteiger charge is 2.24. The van der Waals surface area contributed by atoms with E-state index >= 15 is 0 Å². The minimum Gasteiger partial charge on any atom is -0.490 e. The Morgan fingerprint density at radius 3 is 2.11 bits per heavy atom. The number of amides is 3. The Bertz CT molecular complexity index is 1600. The molecule has 226 valence electrons. The summed E-state index contributed by atoms with van der Waals surface area (Å²) in [5.74, 6) is 0.629. The predicted molar refractivity (Wildman–Crippen MR) is 169 cm³/mol. The molecule has 0 unspecified atom stereocenters. The molecule has 1 saturated carbocycles. The summed E-state index contributed by atoms with van der Waals surface area (Å²) in [6.07, 6.45) is 3.58. The van der Waals surface area contributed by atoms with E-state index in [0.717, 1.165) is 48.2 Å². The van der Waals surface area contributed by atoms with E-state index in [4.69, 9.17) is 9.47 Å². The summed E-state index contributed by atoms with van der Waals surface area (Å²) in [4.78, 5) is 36.2. The Labute approximate surface area is 256 Å². The van der Waals surface area contributed by atoms with Crippen molar-refractivity contribution in [2.24, 2.45) is 0 Å². The van der Waals surface area contributed by atoms with Gasteiger partial charge in [0.25, 0.3) is 0 Å². The van der Waals surface area contributed by atoms with Crippen LogP contribution in [-0.2, 0) is 11.2 Å². The molecule has 1 fully saturated rings. The second-order valence-corrected chi connectivity index (χ2v) is 10.9. The van der Waals surface area contributed by atoms with Gasteiger partial charge in [-0.15, -0.1) is 0 Å². The van der Waals surface area contributed by atoms with Gasteiger partial charge in [0.15, 0.2) is 0 Å². The molecular weight excluding hydrogens is 558 g/mol. The summed E-state index contributed by atoms with van der Waals surface area (Å²) in [5.41, 5.74) is 2.95. The van der Waals surface area contributed by atoms with Gasteiger partial charge >= 0.3 is 12.0 Å². The number of anilines is 2.